The molecule has 0 bridgehead atoms. The van der Waals surface area contributed by atoms with Gasteiger partial charge in [0, 0.05) is 24.3 Å². The second-order valence-corrected chi connectivity index (χ2v) is 4.40. The largest absolute Gasteiger partial charge is 0.365 e. The van der Waals surface area contributed by atoms with Crippen molar-refractivity contribution in [3.8, 4) is 0 Å². The SMILES string of the molecule is C[C@H]1CN(Cc2c[nH]cn2)c2ccccc21. The van der Waals surface area contributed by atoms with Crippen LogP contribution in [0.25, 0.3) is 0 Å². The first-order valence-electron chi connectivity index (χ1n) is 5.66. The number of H-pyrrole nitrogens is 1. The summed E-state index contributed by atoms with van der Waals surface area (Å²) >= 11 is 0. The van der Waals surface area contributed by atoms with Crippen LogP contribution in [-0.4, -0.2) is 16.5 Å². The van der Waals surface area contributed by atoms with E-state index in [2.05, 4.69) is 46.1 Å². The molecule has 2 aromatic rings. The first-order chi connectivity index (χ1) is 7.84. The lowest BCUT2D eigenvalue weighted by Gasteiger charge is -2.18. The van der Waals surface area contributed by atoms with E-state index in [-0.39, 0.29) is 0 Å². The number of hydrogen-bond acceptors (Lipinski definition) is 2. The lowest BCUT2D eigenvalue weighted by atomic mass is 10.0. The molecule has 0 radical (unpaired) electrons. The molecule has 1 aromatic heterocycles. The average Bonchev–Trinajstić information content (AvgIpc) is 2.90. The lowest BCUT2D eigenvalue weighted by Crippen LogP contribution is -2.20. The fourth-order valence-electron chi connectivity index (χ4n) is 2.44. The molecule has 1 aliphatic heterocycles. The highest BCUT2D eigenvalue weighted by molar-refractivity contribution is 5.59. The monoisotopic (exact) mass is 213 g/mol. The third kappa shape index (κ3) is 1.48. The van der Waals surface area contributed by atoms with Crippen LogP contribution in [0.2, 0.25) is 0 Å². The second-order valence-electron chi connectivity index (χ2n) is 4.40. The zero-order valence-corrected chi connectivity index (χ0v) is 9.35. The van der Waals surface area contributed by atoms with Crippen molar-refractivity contribution in [1.82, 2.24) is 9.97 Å². The highest BCUT2D eigenvalue weighted by atomic mass is 15.2. The number of para-hydroxylation sites is 1. The summed E-state index contributed by atoms with van der Waals surface area (Å²) in [6.45, 7) is 4.26. The van der Waals surface area contributed by atoms with E-state index >= 15 is 0 Å². The molecule has 0 aliphatic carbocycles. The quantitative estimate of drug-likeness (QED) is 0.831. The predicted molar refractivity (Wildman–Crippen MR) is 64.5 cm³/mol. The molecule has 3 rings (SSSR count). The molecule has 1 N–H and O–H groups in total. The van der Waals surface area contributed by atoms with Crippen molar-refractivity contribution in [3.05, 3.63) is 48.0 Å². The topological polar surface area (TPSA) is 31.9 Å². The number of imidazole rings is 1. The van der Waals surface area contributed by atoms with Gasteiger partial charge in [0.1, 0.15) is 0 Å². The van der Waals surface area contributed by atoms with Crippen LogP contribution < -0.4 is 4.90 Å². The summed E-state index contributed by atoms with van der Waals surface area (Å²) in [5.41, 5.74) is 3.92. The fraction of sp³-hybridized carbons (Fsp3) is 0.308. The minimum absolute atomic E-state index is 0.621. The van der Waals surface area contributed by atoms with Gasteiger partial charge in [-0.25, -0.2) is 4.98 Å². The number of hydrogen-bond donors (Lipinski definition) is 1. The van der Waals surface area contributed by atoms with Gasteiger partial charge in [0.05, 0.1) is 18.6 Å². The van der Waals surface area contributed by atoms with E-state index in [9.17, 15) is 0 Å². The smallest absolute Gasteiger partial charge is 0.0923 e. The molecule has 16 heavy (non-hydrogen) atoms. The van der Waals surface area contributed by atoms with Gasteiger partial charge in [0.2, 0.25) is 0 Å². The summed E-state index contributed by atoms with van der Waals surface area (Å²) in [6.07, 6.45) is 3.70. The fourth-order valence-corrected chi connectivity index (χ4v) is 2.44. The first-order valence-corrected chi connectivity index (χ1v) is 5.66. The van der Waals surface area contributed by atoms with Gasteiger partial charge < -0.3 is 9.88 Å². The van der Waals surface area contributed by atoms with Crippen molar-refractivity contribution in [2.75, 3.05) is 11.4 Å². The zero-order valence-electron chi connectivity index (χ0n) is 9.35. The molecule has 2 heterocycles. The molecular weight excluding hydrogens is 198 g/mol. The number of fused-ring (bicyclic) bond motifs is 1. The van der Waals surface area contributed by atoms with Gasteiger partial charge in [-0.15, -0.1) is 0 Å². The van der Waals surface area contributed by atoms with E-state index < -0.39 is 0 Å². The summed E-state index contributed by atoms with van der Waals surface area (Å²) in [5.74, 6) is 0.621. The van der Waals surface area contributed by atoms with Crippen molar-refractivity contribution in [3.63, 3.8) is 0 Å². The molecule has 0 saturated carbocycles. The van der Waals surface area contributed by atoms with Gasteiger partial charge in [-0.1, -0.05) is 25.1 Å². The molecule has 3 heteroatoms. The van der Waals surface area contributed by atoms with Crippen LogP contribution in [0.5, 0.6) is 0 Å². The van der Waals surface area contributed by atoms with Crippen molar-refractivity contribution < 1.29 is 0 Å². The van der Waals surface area contributed by atoms with E-state index in [1.54, 1.807) is 6.33 Å². The molecule has 1 aromatic carbocycles. The molecular formula is C13H15N3. The van der Waals surface area contributed by atoms with E-state index in [4.69, 9.17) is 0 Å². The maximum Gasteiger partial charge on any atom is 0.0923 e. The van der Waals surface area contributed by atoms with Crippen LogP contribution >= 0.6 is 0 Å². The number of aromatic nitrogens is 2. The summed E-state index contributed by atoms with van der Waals surface area (Å²) in [5, 5.41) is 0. The molecule has 1 aliphatic rings. The molecule has 3 nitrogen and oxygen atoms in total. The Morgan fingerprint density at radius 3 is 3.12 bits per heavy atom. The van der Waals surface area contributed by atoms with E-state index in [0.717, 1.165) is 18.8 Å². The molecule has 0 fully saturated rings. The van der Waals surface area contributed by atoms with Crippen molar-refractivity contribution in [1.29, 1.82) is 0 Å². The third-order valence-electron chi connectivity index (χ3n) is 3.21. The number of benzene rings is 1. The second kappa shape index (κ2) is 3.67. The summed E-state index contributed by atoms with van der Waals surface area (Å²) in [7, 11) is 0. The summed E-state index contributed by atoms with van der Waals surface area (Å²) < 4.78 is 0. The standard InChI is InChI=1S/C13H15N3/c1-10-7-16(8-11-6-14-9-15-11)13-5-3-2-4-12(10)13/h2-6,9-10H,7-8H2,1H3,(H,14,15)/t10-/m0/s1. The normalized spacial score (nSPS) is 18.8. The van der Waals surface area contributed by atoms with Gasteiger partial charge in [0.25, 0.3) is 0 Å². The van der Waals surface area contributed by atoms with Crippen LogP contribution in [0.15, 0.2) is 36.8 Å². The highest BCUT2D eigenvalue weighted by Crippen LogP contribution is 2.36. The predicted octanol–water partition coefficient (Wildman–Crippen LogP) is 2.53. The first kappa shape index (κ1) is 9.46. The van der Waals surface area contributed by atoms with E-state index in [1.165, 1.54) is 11.3 Å². The number of anilines is 1. The van der Waals surface area contributed by atoms with Crippen LogP contribution in [0.1, 0.15) is 24.1 Å². The Hall–Kier alpha value is -1.77. The minimum Gasteiger partial charge on any atom is -0.365 e. The van der Waals surface area contributed by atoms with Crippen molar-refractivity contribution in [2.45, 2.75) is 19.4 Å². The van der Waals surface area contributed by atoms with Crippen LogP contribution in [-0.2, 0) is 6.54 Å². The Kier molecular flexibility index (Phi) is 2.17. The lowest BCUT2D eigenvalue weighted by molar-refractivity contribution is 0.739. The van der Waals surface area contributed by atoms with Gasteiger partial charge in [-0.05, 0) is 11.6 Å². The Morgan fingerprint density at radius 2 is 2.31 bits per heavy atom. The molecule has 82 valence electrons. The van der Waals surface area contributed by atoms with Crippen LogP contribution in [0, 0.1) is 0 Å². The Labute approximate surface area is 95.1 Å². The molecule has 0 unspecified atom stereocenters. The van der Waals surface area contributed by atoms with Gasteiger partial charge in [-0.3, -0.25) is 0 Å². The van der Waals surface area contributed by atoms with Crippen molar-refractivity contribution >= 4 is 5.69 Å². The number of rotatable bonds is 2. The molecule has 0 spiro atoms. The summed E-state index contributed by atoms with van der Waals surface area (Å²) in [4.78, 5) is 9.68. The molecule has 1 atom stereocenters. The number of aromatic amines is 1. The number of nitrogens with one attached hydrogen (secondary N) is 1. The van der Waals surface area contributed by atoms with Gasteiger partial charge in [-0.2, -0.15) is 0 Å². The third-order valence-corrected chi connectivity index (χ3v) is 3.21. The minimum atomic E-state index is 0.621. The maximum atomic E-state index is 4.28. The average molecular weight is 213 g/mol. The van der Waals surface area contributed by atoms with Gasteiger partial charge in [0.15, 0.2) is 0 Å². The van der Waals surface area contributed by atoms with Gasteiger partial charge >= 0.3 is 0 Å². The Bertz CT molecular complexity index is 476. The Morgan fingerprint density at radius 1 is 1.44 bits per heavy atom. The number of nitrogens with zero attached hydrogens (tertiary/aromatic N) is 2. The highest BCUT2D eigenvalue weighted by Gasteiger charge is 2.24. The maximum absolute atomic E-state index is 4.28. The molecule has 0 saturated heterocycles. The zero-order chi connectivity index (χ0) is 11.0. The summed E-state index contributed by atoms with van der Waals surface area (Å²) in [6, 6.07) is 8.65. The van der Waals surface area contributed by atoms with Crippen molar-refractivity contribution in [2.24, 2.45) is 0 Å². The Balaban J connectivity index is 1.89. The van der Waals surface area contributed by atoms with E-state index in [1.807, 2.05) is 6.20 Å². The van der Waals surface area contributed by atoms with E-state index in [0.29, 0.717) is 5.92 Å². The van der Waals surface area contributed by atoms with Crippen LogP contribution in [0.4, 0.5) is 5.69 Å². The molecule has 0 amide bonds. The van der Waals surface area contributed by atoms with Crippen LogP contribution in [0.3, 0.4) is 0 Å².